The first-order valence-electron chi connectivity index (χ1n) is 7.84. The fraction of sp³-hybridized carbons (Fsp3) is 0.353. The number of carbonyl (C=O) groups is 1. The minimum atomic E-state index is -0.393. The molecule has 1 saturated heterocycles. The van der Waals surface area contributed by atoms with E-state index in [2.05, 4.69) is 15.1 Å². The van der Waals surface area contributed by atoms with Gasteiger partial charge < -0.3 is 14.7 Å². The van der Waals surface area contributed by atoms with Gasteiger partial charge in [-0.1, -0.05) is 6.07 Å². The first kappa shape index (κ1) is 16.2. The monoisotopic (exact) mass is 329 g/mol. The minimum absolute atomic E-state index is 0.137. The van der Waals surface area contributed by atoms with E-state index < -0.39 is 5.82 Å². The number of aromatic nitrogens is 2. The molecule has 2 heterocycles. The second-order valence-electron chi connectivity index (χ2n) is 5.96. The Labute approximate surface area is 140 Å². The molecule has 6 nitrogen and oxygen atoms in total. The zero-order valence-electron chi connectivity index (χ0n) is 13.8. The topological polar surface area (TPSA) is 52.6 Å². The molecule has 0 N–H and O–H groups in total. The van der Waals surface area contributed by atoms with Crippen LogP contribution < -0.4 is 9.80 Å². The number of hydrogen-bond donors (Lipinski definition) is 0. The lowest BCUT2D eigenvalue weighted by molar-refractivity contribution is 0.0746. The van der Waals surface area contributed by atoms with Crippen LogP contribution in [0.15, 0.2) is 36.5 Å². The molecule has 0 spiro atoms. The summed E-state index contributed by atoms with van der Waals surface area (Å²) in [4.78, 5) is 18.3. The molecule has 24 heavy (non-hydrogen) atoms. The summed E-state index contributed by atoms with van der Waals surface area (Å²) in [6, 6.07) is 7.80. The van der Waals surface area contributed by atoms with Crippen molar-refractivity contribution in [2.75, 3.05) is 50.1 Å². The van der Waals surface area contributed by atoms with Crippen molar-refractivity contribution >= 4 is 17.4 Å². The van der Waals surface area contributed by atoms with Crippen LogP contribution in [-0.4, -0.2) is 61.3 Å². The summed E-state index contributed by atoms with van der Waals surface area (Å²) in [6.45, 7) is 2.49. The maximum absolute atomic E-state index is 13.3. The average Bonchev–Trinajstić information content (AvgIpc) is 2.61. The molecule has 0 aliphatic carbocycles. The summed E-state index contributed by atoms with van der Waals surface area (Å²) in [5.41, 5.74) is 1.37. The number of rotatable bonds is 3. The van der Waals surface area contributed by atoms with Crippen LogP contribution in [-0.2, 0) is 0 Å². The Hall–Kier alpha value is -2.70. The number of nitrogens with zero attached hydrogens (tertiary/aromatic N) is 5. The Morgan fingerprint density at radius 3 is 2.58 bits per heavy atom. The minimum Gasteiger partial charge on any atom is -0.376 e. The first-order chi connectivity index (χ1) is 11.5. The van der Waals surface area contributed by atoms with Crippen molar-refractivity contribution in [2.45, 2.75) is 0 Å². The van der Waals surface area contributed by atoms with Crippen LogP contribution in [0.5, 0.6) is 0 Å². The lowest BCUT2D eigenvalue weighted by atomic mass is 10.1. The van der Waals surface area contributed by atoms with E-state index in [0.717, 1.165) is 11.5 Å². The van der Waals surface area contributed by atoms with E-state index >= 15 is 0 Å². The van der Waals surface area contributed by atoms with Crippen LogP contribution >= 0.6 is 0 Å². The maximum atomic E-state index is 13.3. The number of piperazine rings is 1. The van der Waals surface area contributed by atoms with Gasteiger partial charge in [-0.15, -0.1) is 5.10 Å². The van der Waals surface area contributed by atoms with Gasteiger partial charge in [0, 0.05) is 51.9 Å². The Bertz CT molecular complexity index is 728. The van der Waals surface area contributed by atoms with E-state index in [1.807, 2.05) is 25.1 Å². The average molecular weight is 329 g/mol. The molecule has 0 atom stereocenters. The molecule has 7 heteroatoms. The van der Waals surface area contributed by atoms with Gasteiger partial charge in [0.1, 0.15) is 5.82 Å². The molecule has 1 aromatic carbocycles. The predicted molar refractivity (Wildman–Crippen MR) is 90.9 cm³/mol. The van der Waals surface area contributed by atoms with E-state index in [1.165, 1.54) is 12.1 Å². The number of halogens is 1. The number of carbonyl (C=O) groups excluding carboxylic acids is 1. The third-order valence-electron chi connectivity index (χ3n) is 4.11. The Kier molecular flexibility index (Phi) is 4.59. The van der Waals surface area contributed by atoms with Gasteiger partial charge in [0.25, 0.3) is 5.91 Å². The summed E-state index contributed by atoms with van der Waals surface area (Å²) in [6.07, 6.45) is 1.72. The van der Waals surface area contributed by atoms with Crippen LogP contribution in [0.1, 0.15) is 10.4 Å². The summed E-state index contributed by atoms with van der Waals surface area (Å²) in [5.74, 6) is 0.275. The maximum Gasteiger partial charge on any atom is 0.254 e. The van der Waals surface area contributed by atoms with E-state index in [0.29, 0.717) is 31.7 Å². The lowest BCUT2D eigenvalue weighted by Gasteiger charge is -2.35. The molecule has 0 radical (unpaired) electrons. The normalized spacial score (nSPS) is 14.6. The van der Waals surface area contributed by atoms with E-state index in [4.69, 9.17) is 0 Å². The van der Waals surface area contributed by atoms with Crippen molar-refractivity contribution in [3.05, 3.63) is 47.9 Å². The Balaban J connectivity index is 1.65. The highest BCUT2D eigenvalue weighted by molar-refractivity contribution is 5.94. The number of benzene rings is 1. The van der Waals surface area contributed by atoms with Crippen LogP contribution in [0, 0.1) is 5.82 Å². The van der Waals surface area contributed by atoms with Crippen molar-refractivity contribution in [3.8, 4) is 0 Å². The number of anilines is 2. The highest BCUT2D eigenvalue weighted by atomic mass is 19.1. The van der Waals surface area contributed by atoms with Crippen LogP contribution in [0.3, 0.4) is 0 Å². The fourth-order valence-electron chi connectivity index (χ4n) is 2.69. The SMILES string of the molecule is CN(C)c1cnnc(N2CCN(C(=O)c3cccc(F)c3)CC2)c1. The van der Waals surface area contributed by atoms with Gasteiger partial charge in [-0.2, -0.15) is 5.10 Å². The molecule has 1 aliphatic rings. The molecule has 0 bridgehead atoms. The molecule has 3 rings (SSSR count). The van der Waals surface area contributed by atoms with Crippen molar-refractivity contribution < 1.29 is 9.18 Å². The predicted octanol–water partition coefficient (Wildman–Crippen LogP) is 1.64. The quantitative estimate of drug-likeness (QED) is 0.857. The second kappa shape index (κ2) is 6.82. The lowest BCUT2D eigenvalue weighted by Crippen LogP contribution is -2.49. The fourth-order valence-corrected chi connectivity index (χ4v) is 2.69. The smallest absolute Gasteiger partial charge is 0.254 e. The highest BCUT2D eigenvalue weighted by Gasteiger charge is 2.23. The molecule has 0 unspecified atom stereocenters. The van der Waals surface area contributed by atoms with Crippen LogP contribution in [0.2, 0.25) is 0 Å². The summed E-state index contributed by atoms with van der Waals surface area (Å²) >= 11 is 0. The summed E-state index contributed by atoms with van der Waals surface area (Å²) in [5, 5.41) is 8.22. The molecule has 1 aliphatic heterocycles. The van der Waals surface area contributed by atoms with E-state index in [9.17, 15) is 9.18 Å². The Morgan fingerprint density at radius 2 is 1.92 bits per heavy atom. The third kappa shape index (κ3) is 3.45. The molecular formula is C17H20FN5O. The highest BCUT2D eigenvalue weighted by Crippen LogP contribution is 2.19. The molecule has 1 aromatic heterocycles. The van der Waals surface area contributed by atoms with Crippen LogP contribution in [0.25, 0.3) is 0 Å². The van der Waals surface area contributed by atoms with Crippen molar-refractivity contribution in [1.82, 2.24) is 15.1 Å². The zero-order valence-corrected chi connectivity index (χ0v) is 13.8. The molecule has 126 valence electrons. The standard InChI is InChI=1S/C17H20FN5O/c1-21(2)15-11-16(20-19-12-15)22-6-8-23(9-7-22)17(24)13-4-3-5-14(18)10-13/h3-5,10-12H,6-9H2,1-2H3. The van der Waals surface area contributed by atoms with Gasteiger partial charge in [0.2, 0.25) is 0 Å². The van der Waals surface area contributed by atoms with Crippen LogP contribution in [0.4, 0.5) is 15.9 Å². The number of amides is 1. The molecular weight excluding hydrogens is 309 g/mol. The first-order valence-corrected chi connectivity index (χ1v) is 7.84. The molecule has 0 saturated carbocycles. The van der Waals surface area contributed by atoms with Gasteiger partial charge >= 0.3 is 0 Å². The largest absolute Gasteiger partial charge is 0.376 e. The van der Waals surface area contributed by atoms with Crippen molar-refractivity contribution in [3.63, 3.8) is 0 Å². The summed E-state index contributed by atoms with van der Waals surface area (Å²) < 4.78 is 13.3. The van der Waals surface area contributed by atoms with Gasteiger partial charge in [-0.3, -0.25) is 4.79 Å². The Morgan fingerprint density at radius 1 is 1.17 bits per heavy atom. The second-order valence-corrected chi connectivity index (χ2v) is 5.96. The third-order valence-corrected chi connectivity index (χ3v) is 4.11. The van der Waals surface area contributed by atoms with Gasteiger partial charge in [0.05, 0.1) is 11.9 Å². The molecule has 2 aromatic rings. The molecule has 1 fully saturated rings. The number of hydrogen-bond acceptors (Lipinski definition) is 5. The van der Waals surface area contributed by atoms with Crippen molar-refractivity contribution in [1.29, 1.82) is 0 Å². The molecule has 1 amide bonds. The van der Waals surface area contributed by atoms with Gasteiger partial charge in [-0.05, 0) is 18.2 Å². The van der Waals surface area contributed by atoms with Gasteiger partial charge in [-0.25, -0.2) is 4.39 Å². The van der Waals surface area contributed by atoms with E-state index in [1.54, 1.807) is 23.2 Å². The van der Waals surface area contributed by atoms with Crippen molar-refractivity contribution in [2.24, 2.45) is 0 Å². The van der Waals surface area contributed by atoms with Gasteiger partial charge in [0.15, 0.2) is 5.82 Å². The summed E-state index contributed by atoms with van der Waals surface area (Å²) in [7, 11) is 3.91. The zero-order chi connectivity index (χ0) is 17.1. The van der Waals surface area contributed by atoms with E-state index in [-0.39, 0.29) is 5.91 Å².